The minimum absolute atomic E-state index is 0.296. The fraction of sp³-hybridized carbons (Fsp3) is 0.600. The van der Waals surface area contributed by atoms with Crippen molar-refractivity contribution in [2.75, 3.05) is 0 Å². The predicted octanol–water partition coefficient (Wildman–Crippen LogP) is 3.07. The molecule has 0 aromatic carbocycles. The first-order chi connectivity index (χ1) is 3.18. The Labute approximate surface area is 61.2 Å². The average molecular weight is 228 g/mol. The van der Waals surface area contributed by atoms with Gasteiger partial charge in [0.15, 0.2) is 0 Å². The normalized spacial score (nSPS) is 9.71. The van der Waals surface area contributed by atoms with Crippen molar-refractivity contribution in [2.24, 2.45) is 0 Å². The van der Waals surface area contributed by atoms with Crippen molar-refractivity contribution in [3.63, 3.8) is 0 Å². The van der Waals surface area contributed by atoms with E-state index >= 15 is 0 Å². The minimum atomic E-state index is 0.296. The van der Waals surface area contributed by atoms with Gasteiger partial charge in [-0.15, -0.1) is 0 Å². The zero-order valence-electron chi connectivity index (χ0n) is 4.25. The van der Waals surface area contributed by atoms with Crippen LogP contribution in [0.4, 0.5) is 0 Å². The van der Waals surface area contributed by atoms with Crippen molar-refractivity contribution in [2.45, 2.75) is 17.1 Å². The topological polar surface area (TPSA) is 0 Å². The molecule has 0 N–H and O–H groups in total. The molecule has 0 bridgehead atoms. The summed E-state index contributed by atoms with van der Waals surface area (Å²) in [4.78, 5) is 0. The highest BCUT2D eigenvalue weighted by Gasteiger charge is 1.97. The third-order valence-corrected chi connectivity index (χ3v) is 2.06. The molecule has 0 aliphatic heterocycles. The minimum Gasteiger partial charge on any atom is -0.0979 e. The van der Waals surface area contributed by atoms with Gasteiger partial charge in [-0.3, -0.25) is 0 Å². The maximum Gasteiger partial charge on any atom is 0.0903 e. The molecule has 7 heavy (non-hydrogen) atoms. The standard InChI is InChI=1S/C5H8Br2/c1-3-4(2)5(6)7/h5H,2-3H2,1H3. The maximum atomic E-state index is 3.78. The Bertz CT molecular complexity index is 66.5. The van der Waals surface area contributed by atoms with Crippen LogP contribution in [-0.2, 0) is 0 Å². The van der Waals surface area contributed by atoms with E-state index in [4.69, 9.17) is 0 Å². The van der Waals surface area contributed by atoms with Gasteiger partial charge in [-0.05, 0) is 6.42 Å². The number of hydrogen-bond acceptors (Lipinski definition) is 0. The summed E-state index contributed by atoms with van der Waals surface area (Å²) in [5.74, 6) is 0. The van der Waals surface area contributed by atoms with E-state index in [1.165, 1.54) is 5.57 Å². The van der Waals surface area contributed by atoms with Gasteiger partial charge in [-0.1, -0.05) is 50.9 Å². The van der Waals surface area contributed by atoms with Gasteiger partial charge in [-0.2, -0.15) is 0 Å². The first kappa shape index (κ1) is 7.70. The van der Waals surface area contributed by atoms with Gasteiger partial charge in [0.2, 0.25) is 0 Å². The molecule has 0 fully saturated rings. The molecule has 0 aliphatic rings. The lowest BCUT2D eigenvalue weighted by atomic mass is 10.3. The summed E-state index contributed by atoms with van der Waals surface area (Å²) >= 11 is 6.63. The van der Waals surface area contributed by atoms with E-state index < -0.39 is 0 Å². The smallest absolute Gasteiger partial charge is 0.0903 e. The summed E-state index contributed by atoms with van der Waals surface area (Å²) in [6.45, 7) is 5.86. The lowest BCUT2D eigenvalue weighted by Gasteiger charge is -1.98. The molecule has 0 saturated heterocycles. The molecule has 0 unspecified atom stereocenters. The second kappa shape index (κ2) is 3.67. The van der Waals surface area contributed by atoms with Gasteiger partial charge in [0.25, 0.3) is 0 Å². The number of halogens is 2. The second-order valence-electron chi connectivity index (χ2n) is 1.31. The number of alkyl halides is 2. The van der Waals surface area contributed by atoms with Crippen LogP contribution in [-0.4, -0.2) is 3.74 Å². The van der Waals surface area contributed by atoms with Crippen LogP contribution >= 0.6 is 31.9 Å². The first-order valence-corrected chi connectivity index (χ1v) is 3.97. The molecule has 0 spiro atoms. The van der Waals surface area contributed by atoms with Crippen molar-refractivity contribution < 1.29 is 0 Å². The van der Waals surface area contributed by atoms with Crippen molar-refractivity contribution in [1.29, 1.82) is 0 Å². The van der Waals surface area contributed by atoms with Crippen LogP contribution in [0.15, 0.2) is 12.2 Å². The van der Waals surface area contributed by atoms with E-state index in [-0.39, 0.29) is 0 Å². The van der Waals surface area contributed by atoms with Crippen molar-refractivity contribution in [1.82, 2.24) is 0 Å². The fourth-order valence-electron chi connectivity index (χ4n) is 0.154. The molecule has 0 nitrogen and oxygen atoms in total. The Morgan fingerprint density at radius 1 is 1.71 bits per heavy atom. The van der Waals surface area contributed by atoms with E-state index in [9.17, 15) is 0 Å². The van der Waals surface area contributed by atoms with Crippen LogP contribution in [0, 0.1) is 0 Å². The number of rotatable bonds is 2. The SMILES string of the molecule is C=C(CC)C(Br)Br. The number of hydrogen-bond donors (Lipinski definition) is 0. The largest absolute Gasteiger partial charge is 0.0979 e. The summed E-state index contributed by atoms with van der Waals surface area (Å²) in [5, 5.41) is 0. The second-order valence-corrected chi connectivity index (χ2v) is 4.37. The molecule has 2 heteroatoms. The fourth-order valence-corrected chi connectivity index (χ4v) is 0.802. The van der Waals surface area contributed by atoms with E-state index in [2.05, 4.69) is 45.4 Å². The molecule has 0 rings (SSSR count). The van der Waals surface area contributed by atoms with Crippen LogP contribution in [0.5, 0.6) is 0 Å². The van der Waals surface area contributed by atoms with Crippen LogP contribution in [0.2, 0.25) is 0 Å². The third-order valence-electron chi connectivity index (χ3n) is 0.763. The van der Waals surface area contributed by atoms with Gasteiger partial charge in [0.1, 0.15) is 0 Å². The summed E-state index contributed by atoms with van der Waals surface area (Å²) in [6.07, 6.45) is 1.03. The molecule has 0 atom stereocenters. The quantitative estimate of drug-likeness (QED) is 0.503. The maximum absolute atomic E-state index is 3.78. The Hall–Kier alpha value is 0.700. The molecule has 0 aliphatic carbocycles. The zero-order valence-corrected chi connectivity index (χ0v) is 7.42. The molecule has 0 saturated carbocycles. The third kappa shape index (κ3) is 3.30. The predicted molar refractivity (Wildman–Crippen MR) is 41.1 cm³/mol. The van der Waals surface area contributed by atoms with Crippen LogP contribution < -0.4 is 0 Å². The highest BCUT2D eigenvalue weighted by Crippen LogP contribution is 2.18. The molecule has 0 amide bonds. The zero-order chi connectivity index (χ0) is 5.86. The van der Waals surface area contributed by atoms with Crippen LogP contribution in [0.25, 0.3) is 0 Å². The van der Waals surface area contributed by atoms with E-state index in [0.717, 1.165) is 6.42 Å². The van der Waals surface area contributed by atoms with Crippen LogP contribution in [0.1, 0.15) is 13.3 Å². The summed E-state index contributed by atoms with van der Waals surface area (Å²) in [7, 11) is 0. The van der Waals surface area contributed by atoms with Gasteiger partial charge < -0.3 is 0 Å². The summed E-state index contributed by atoms with van der Waals surface area (Å²) in [5.41, 5.74) is 1.18. The molecule has 0 heterocycles. The highest BCUT2D eigenvalue weighted by molar-refractivity contribution is 9.24. The molecular formula is C5H8Br2. The lowest BCUT2D eigenvalue weighted by molar-refractivity contribution is 1.11. The first-order valence-electron chi connectivity index (χ1n) is 2.14. The molecule has 42 valence electrons. The molecule has 0 aromatic heterocycles. The molecule has 0 radical (unpaired) electrons. The van der Waals surface area contributed by atoms with Crippen LogP contribution in [0.3, 0.4) is 0 Å². The number of allylic oxidation sites excluding steroid dienone is 1. The monoisotopic (exact) mass is 226 g/mol. The lowest BCUT2D eigenvalue weighted by Crippen LogP contribution is -1.86. The summed E-state index contributed by atoms with van der Waals surface area (Å²) in [6, 6.07) is 0. The summed E-state index contributed by atoms with van der Waals surface area (Å²) < 4.78 is 0.296. The average Bonchev–Trinajstić information content (AvgIpc) is 1.65. The van der Waals surface area contributed by atoms with E-state index in [0.29, 0.717) is 3.74 Å². The molecular weight excluding hydrogens is 220 g/mol. The van der Waals surface area contributed by atoms with Crippen molar-refractivity contribution in [3.05, 3.63) is 12.2 Å². The van der Waals surface area contributed by atoms with Crippen molar-refractivity contribution in [3.8, 4) is 0 Å². The van der Waals surface area contributed by atoms with Gasteiger partial charge in [0, 0.05) is 0 Å². The van der Waals surface area contributed by atoms with E-state index in [1.807, 2.05) is 0 Å². The Morgan fingerprint density at radius 2 is 2.14 bits per heavy atom. The van der Waals surface area contributed by atoms with Gasteiger partial charge >= 0.3 is 0 Å². The Balaban J connectivity index is 3.35. The highest BCUT2D eigenvalue weighted by atomic mass is 79.9. The van der Waals surface area contributed by atoms with Crippen molar-refractivity contribution >= 4 is 31.9 Å². The Morgan fingerprint density at radius 3 is 2.14 bits per heavy atom. The van der Waals surface area contributed by atoms with E-state index in [1.54, 1.807) is 0 Å². The van der Waals surface area contributed by atoms with Gasteiger partial charge in [0.05, 0.1) is 3.74 Å². The van der Waals surface area contributed by atoms with Gasteiger partial charge in [-0.25, -0.2) is 0 Å². The molecule has 0 aromatic rings. The Kier molecular flexibility index (Phi) is 4.04.